The Hall–Kier alpha value is -2.22. The Kier molecular flexibility index (Phi) is 12.2. The van der Waals surface area contributed by atoms with Crippen LogP contribution < -0.4 is 15.2 Å². The Balaban J connectivity index is 2.09. The Labute approximate surface area is 246 Å². The maximum Gasteiger partial charge on any atom is 0.316 e. The maximum absolute atomic E-state index is 12.1. The van der Waals surface area contributed by atoms with Crippen LogP contribution in [0.4, 0.5) is 0 Å². The molecule has 0 fully saturated rings. The molecule has 3 rings (SSSR count). The highest BCUT2D eigenvalue weighted by Crippen LogP contribution is 2.41. The van der Waals surface area contributed by atoms with Crippen LogP contribution in [0.1, 0.15) is 18.9 Å². The van der Waals surface area contributed by atoms with Crippen molar-refractivity contribution in [1.29, 1.82) is 0 Å². The van der Waals surface area contributed by atoms with Gasteiger partial charge in [0.2, 0.25) is 0 Å². The van der Waals surface area contributed by atoms with E-state index in [2.05, 4.69) is 18.8 Å². The zero-order valence-electron chi connectivity index (χ0n) is 24.0. The molecule has 0 bridgehead atoms. The second kappa shape index (κ2) is 15.1. The van der Waals surface area contributed by atoms with Gasteiger partial charge in [-0.3, -0.25) is 4.79 Å². The number of ether oxygens (including phenoxy) is 5. The molecule has 0 spiro atoms. The lowest BCUT2D eigenvalue weighted by Crippen LogP contribution is -2.09. The molecule has 10 nitrogen and oxygen atoms in total. The van der Waals surface area contributed by atoms with E-state index in [0.717, 1.165) is 23.1 Å². The number of hydrogen-bond donors (Lipinski definition) is 1. The summed E-state index contributed by atoms with van der Waals surface area (Å²) in [6, 6.07) is 3.42. The molecule has 0 aliphatic heterocycles. The maximum atomic E-state index is 12.1. The van der Waals surface area contributed by atoms with Crippen LogP contribution in [0.3, 0.4) is 0 Å². The quantitative estimate of drug-likeness (QED) is 0.0783. The zero-order chi connectivity index (χ0) is 29.3. The van der Waals surface area contributed by atoms with Crippen molar-refractivity contribution in [2.24, 2.45) is 5.73 Å². The van der Waals surface area contributed by atoms with Crippen molar-refractivity contribution in [3.63, 3.8) is 0 Å². The van der Waals surface area contributed by atoms with Gasteiger partial charge in [0, 0.05) is 43.5 Å². The first kappa shape index (κ1) is 32.3. The molecule has 0 amide bonds. The molecule has 2 heterocycles. The molecule has 3 aromatic rings. The van der Waals surface area contributed by atoms with Gasteiger partial charge in [-0.1, -0.05) is 23.4 Å². The predicted molar refractivity (Wildman–Crippen MR) is 163 cm³/mol. The molecule has 0 saturated carbocycles. The highest BCUT2D eigenvalue weighted by atomic mass is 35.5. The van der Waals surface area contributed by atoms with Gasteiger partial charge in [-0.05, 0) is 49.5 Å². The molecule has 0 atom stereocenters. The normalized spacial score (nSPS) is 12.1. The van der Waals surface area contributed by atoms with Crippen LogP contribution in [-0.2, 0) is 32.3 Å². The predicted octanol–water partition coefficient (Wildman–Crippen LogP) is 4.92. The third-order valence-corrected chi connectivity index (χ3v) is 8.38. The number of nitrogens with two attached hydrogens (primary N) is 1. The van der Waals surface area contributed by atoms with Crippen LogP contribution in [-0.4, -0.2) is 85.0 Å². The summed E-state index contributed by atoms with van der Waals surface area (Å²) in [5, 5.41) is 1.54. The number of methoxy groups -OCH3 is 2. The fourth-order valence-corrected chi connectivity index (χ4v) is 5.82. The molecule has 40 heavy (non-hydrogen) atoms. The number of carbonyl (C=O) groups is 1. The second-order valence-electron chi connectivity index (χ2n) is 9.69. The molecular formula is C27H39ClN4O6S2. The molecule has 1 aromatic carbocycles. The van der Waals surface area contributed by atoms with Crippen molar-refractivity contribution in [2.45, 2.75) is 31.8 Å². The van der Waals surface area contributed by atoms with Crippen molar-refractivity contribution in [2.75, 3.05) is 64.5 Å². The van der Waals surface area contributed by atoms with Gasteiger partial charge in [0.05, 0.1) is 30.2 Å². The van der Waals surface area contributed by atoms with E-state index in [0.29, 0.717) is 58.5 Å². The number of fused-ring (bicyclic) bond motifs is 1. The number of aromatic nitrogens is 3. The van der Waals surface area contributed by atoms with E-state index in [1.807, 2.05) is 10.8 Å². The fraction of sp³-hybridized carbons (Fsp3) is 0.519. The molecule has 2 aromatic heterocycles. The largest absolute Gasteiger partial charge is 0.493 e. The Bertz CT molecular complexity index is 1300. The average Bonchev–Trinajstić information content (AvgIpc) is 3.27. The first-order valence-corrected chi connectivity index (χ1v) is 17.1. The van der Waals surface area contributed by atoms with Crippen LogP contribution in [0.5, 0.6) is 11.5 Å². The second-order valence-corrected chi connectivity index (χ2v) is 15.6. The topological polar surface area (TPSA) is 120 Å². The number of nitrogens with zero attached hydrogens (tertiary/aromatic N) is 3. The number of benzene rings is 1. The SMILES string of the molecule is CCOC(=O)CSc1nc(-c2cc(OCOC)c(OC)cc2Cl)c2c(CN)cn(COCCCS(C)(C)C)c2n1. The van der Waals surface area contributed by atoms with Crippen LogP contribution in [0.15, 0.2) is 23.5 Å². The lowest BCUT2D eigenvalue weighted by atomic mass is 10.1. The summed E-state index contributed by atoms with van der Waals surface area (Å²) in [5.41, 5.74) is 8.80. The van der Waals surface area contributed by atoms with Gasteiger partial charge in [-0.15, -0.1) is 0 Å². The minimum Gasteiger partial charge on any atom is -0.493 e. The number of halogens is 1. The van der Waals surface area contributed by atoms with E-state index < -0.39 is 10.0 Å². The van der Waals surface area contributed by atoms with Gasteiger partial charge in [-0.2, -0.15) is 0 Å². The summed E-state index contributed by atoms with van der Waals surface area (Å²) in [4.78, 5) is 21.7. The minimum atomic E-state index is -0.586. The molecule has 2 N–H and O–H groups in total. The van der Waals surface area contributed by atoms with Crippen molar-refractivity contribution < 1.29 is 28.5 Å². The Morgan fingerprint density at radius 2 is 1.95 bits per heavy atom. The highest BCUT2D eigenvalue weighted by molar-refractivity contribution is 8.32. The third kappa shape index (κ3) is 8.64. The summed E-state index contributed by atoms with van der Waals surface area (Å²) < 4.78 is 29.3. The standard InChI is InChI=1S/C27H39ClN4O6S2/c1-7-37-23(33)15-39-27-30-25(19-11-22(38-17-34-2)21(35-3)12-20(19)28)24-18(13-29)14-32(26(24)31-27)16-36-9-8-10-40(4,5)6/h11-12,14H,7-10,13,15-17,29H2,1-6H3. The van der Waals surface area contributed by atoms with Crippen molar-refractivity contribution in [1.82, 2.24) is 14.5 Å². The zero-order valence-corrected chi connectivity index (χ0v) is 26.3. The number of carbonyl (C=O) groups excluding carboxylic acids is 1. The summed E-state index contributed by atoms with van der Waals surface area (Å²) in [6.45, 7) is 3.27. The van der Waals surface area contributed by atoms with E-state index >= 15 is 0 Å². The van der Waals surface area contributed by atoms with Gasteiger partial charge in [0.25, 0.3) is 0 Å². The fourth-order valence-electron chi connectivity index (χ4n) is 3.95. The van der Waals surface area contributed by atoms with E-state index in [4.69, 9.17) is 51.0 Å². The summed E-state index contributed by atoms with van der Waals surface area (Å²) in [7, 11) is 2.48. The van der Waals surface area contributed by atoms with Gasteiger partial charge in [0.15, 0.2) is 23.4 Å². The first-order chi connectivity index (χ1) is 19.1. The molecule has 222 valence electrons. The van der Waals surface area contributed by atoms with Gasteiger partial charge < -0.3 is 34.0 Å². The molecule has 0 radical (unpaired) electrons. The highest BCUT2D eigenvalue weighted by Gasteiger charge is 2.22. The first-order valence-electron chi connectivity index (χ1n) is 12.7. The van der Waals surface area contributed by atoms with Gasteiger partial charge in [-0.25, -0.2) is 20.0 Å². The number of hydrogen-bond acceptors (Lipinski definition) is 10. The van der Waals surface area contributed by atoms with E-state index in [-0.39, 0.29) is 25.1 Å². The number of rotatable bonds is 16. The number of esters is 1. The Morgan fingerprint density at radius 1 is 1.18 bits per heavy atom. The molecule has 13 heteroatoms. The van der Waals surface area contributed by atoms with Crippen LogP contribution in [0.25, 0.3) is 22.3 Å². The van der Waals surface area contributed by atoms with Crippen molar-refractivity contribution in [3.8, 4) is 22.8 Å². The minimum absolute atomic E-state index is 0.0235. The van der Waals surface area contributed by atoms with Crippen LogP contribution in [0.2, 0.25) is 5.02 Å². The Morgan fingerprint density at radius 3 is 2.60 bits per heavy atom. The van der Waals surface area contributed by atoms with E-state index in [1.165, 1.54) is 26.0 Å². The van der Waals surface area contributed by atoms with Crippen LogP contribution in [0, 0.1) is 0 Å². The van der Waals surface area contributed by atoms with E-state index in [1.54, 1.807) is 19.1 Å². The van der Waals surface area contributed by atoms with Gasteiger partial charge >= 0.3 is 5.97 Å². The number of thioether (sulfide) groups is 1. The molecular weight excluding hydrogens is 576 g/mol. The van der Waals surface area contributed by atoms with Crippen molar-refractivity contribution in [3.05, 3.63) is 28.9 Å². The molecule has 0 unspecified atom stereocenters. The van der Waals surface area contributed by atoms with Crippen LogP contribution >= 0.6 is 33.4 Å². The van der Waals surface area contributed by atoms with Gasteiger partial charge in [0.1, 0.15) is 12.4 Å². The monoisotopic (exact) mass is 614 g/mol. The lowest BCUT2D eigenvalue weighted by molar-refractivity contribution is -0.139. The lowest BCUT2D eigenvalue weighted by Gasteiger charge is -2.24. The molecule has 0 saturated heterocycles. The smallest absolute Gasteiger partial charge is 0.316 e. The summed E-state index contributed by atoms with van der Waals surface area (Å²) >= 11 is 7.94. The molecule has 0 aliphatic carbocycles. The summed E-state index contributed by atoms with van der Waals surface area (Å²) in [6.07, 6.45) is 9.80. The summed E-state index contributed by atoms with van der Waals surface area (Å²) in [5.74, 6) is 1.74. The van der Waals surface area contributed by atoms with Crippen molar-refractivity contribution >= 4 is 50.4 Å². The average molecular weight is 615 g/mol. The molecule has 0 aliphatic rings. The van der Waals surface area contributed by atoms with E-state index in [9.17, 15) is 4.79 Å². The third-order valence-electron chi connectivity index (χ3n) is 5.74.